The summed E-state index contributed by atoms with van der Waals surface area (Å²) in [5, 5.41) is 0.588. The lowest BCUT2D eigenvalue weighted by Gasteiger charge is -2.38. The summed E-state index contributed by atoms with van der Waals surface area (Å²) >= 11 is 0. The molecule has 0 spiro atoms. The molecule has 11 heteroatoms. The van der Waals surface area contributed by atoms with E-state index in [0.29, 0.717) is 37.1 Å². The van der Waals surface area contributed by atoms with Crippen LogP contribution in [0.3, 0.4) is 0 Å². The third kappa shape index (κ3) is 3.85. The summed E-state index contributed by atoms with van der Waals surface area (Å²) in [7, 11) is -5.36. The van der Waals surface area contributed by atoms with Gasteiger partial charge < -0.3 is 4.90 Å². The molecule has 2 saturated heterocycles. The third-order valence-corrected chi connectivity index (χ3v) is 9.85. The molecule has 0 amide bonds. The predicted molar refractivity (Wildman–Crippen MR) is 115 cm³/mol. The van der Waals surface area contributed by atoms with Crippen LogP contribution in [0.25, 0.3) is 10.9 Å². The number of rotatable bonds is 4. The van der Waals surface area contributed by atoms with Gasteiger partial charge in [-0.3, -0.25) is 4.98 Å². The van der Waals surface area contributed by atoms with Crippen molar-refractivity contribution in [3.8, 4) is 0 Å². The monoisotopic (exact) mass is 453 g/mol. The van der Waals surface area contributed by atoms with Crippen LogP contribution in [0.5, 0.6) is 0 Å². The maximum atomic E-state index is 13.3. The standard InChI is InChI=1S/C19H27N5O4S2/c1-16-5-6-18(17-4-3-7-20-19(16)17)29(25,26)22-12-14-24(15-13-22)30(27,28)23-10-8-21(2)9-11-23/h3-7H,8-15H2,1-2H3. The topological polar surface area (TPSA) is 94.1 Å². The second kappa shape index (κ2) is 8.13. The first-order valence-electron chi connectivity index (χ1n) is 9.99. The normalized spacial score (nSPS) is 21.3. The Labute approximate surface area is 178 Å². The molecule has 1 aromatic heterocycles. The van der Waals surface area contributed by atoms with E-state index in [0.717, 1.165) is 5.56 Å². The zero-order valence-corrected chi connectivity index (χ0v) is 18.9. The Morgan fingerprint density at radius 3 is 2.00 bits per heavy atom. The van der Waals surface area contributed by atoms with Crippen molar-refractivity contribution in [3.63, 3.8) is 0 Å². The molecule has 2 fully saturated rings. The van der Waals surface area contributed by atoms with E-state index in [1.54, 1.807) is 30.5 Å². The van der Waals surface area contributed by atoms with E-state index in [2.05, 4.69) is 9.88 Å². The molecule has 30 heavy (non-hydrogen) atoms. The summed E-state index contributed by atoms with van der Waals surface area (Å²) in [6.07, 6.45) is 1.65. The molecule has 2 aliphatic heterocycles. The average Bonchev–Trinajstić information content (AvgIpc) is 2.74. The number of hydrogen-bond donors (Lipinski definition) is 0. The molecular formula is C19H27N5O4S2. The number of pyridine rings is 1. The Hall–Kier alpha value is -1.63. The summed E-state index contributed by atoms with van der Waals surface area (Å²) < 4.78 is 56.8. The number of piperazine rings is 2. The molecule has 9 nitrogen and oxygen atoms in total. The zero-order valence-electron chi connectivity index (χ0n) is 17.2. The van der Waals surface area contributed by atoms with Crippen LogP contribution in [-0.2, 0) is 20.2 Å². The lowest BCUT2D eigenvalue weighted by atomic mass is 10.1. The molecular weight excluding hydrogens is 426 g/mol. The van der Waals surface area contributed by atoms with E-state index in [9.17, 15) is 16.8 Å². The summed E-state index contributed by atoms with van der Waals surface area (Å²) in [6, 6.07) is 6.86. The molecule has 0 bridgehead atoms. The molecule has 0 aliphatic carbocycles. The summed E-state index contributed by atoms with van der Waals surface area (Å²) in [6.45, 7) is 4.76. The van der Waals surface area contributed by atoms with Crippen LogP contribution in [0, 0.1) is 6.92 Å². The van der Waals surface area contributed by atoms with Crippen LogP contribution in [0.4, 0.5) is 0 Å². The first kappa shape index (κ1) is 21.6. The van der Waals surface area contributed by atoms with Gasteiger partial charge in [0.2, 0.25) is 10.0 Å². The summed E-state index contributed by atoms with van der Waals surface area (Å²) in [5.74, 6) is 0. The van der Waals surface area contributed by atoms with Crippen molar-refractivity contribution in [2.24, 2.45) is 0 Å². The number of fused-ring (bicyclic) bond motifs is 1. The molecule has 1 aromatic carbocycles. The average molecular weight is 454 g/mol. The Kier molecular flexibility index (Phi) is 5.86. The van der Waals surface area contributed by atoms with Crippen molar-refractivity contribution >= 4 is 31.1 Å². The summed E-state index contributed by atoms with van der Waals surface area (Å²) in [4.78, 5) is 6.63. The lowest BCUT2D eigenvalue weighted by molar-refractivity contribution is 0.201. The van der Waals surface area contributed by atoms with Crippen LogP contribution in [0.15, 0.2) is 35.4 Å². The van der Waals surface area contributed by atoms with E-state index < -0.39 is 20.2 Å². The summed E-state index contributed by atoms with van der Waals surface area (Å²) in [5.41, 5.74) is 1.57. The fraction of sp³-hybridized carbons (Fsp3) is 0.526. The largest absolute Gasteiger partial charge is 0.304 e. The van der Waals surface area contributed by atoms with Crippen molar-refractivity contribution < 1.29 is 16.8 Å². The van der Waals surface area contributed by atoms with Crippen molar-refractivity contribution in [3.05, 3.63) is 36.0 Å². The maximum absolute atomic E-state index is 13.3. The lowest BCUT2D eigenvalue weighted by Crippen LogP contribution is -2.57. The first-order chi connectivity index (χ1) is 14.2. The van der Waals surface area contributed by atoms with Gasteiger partial charge in [-0.15, -0.1) is 0 Å². The SMILES string of the molecule is Cc1ccc(S(=O)(=O)N2CCN(S(=O)(=O)N3CCN(C)CC3)CC2)c2cccnc12. The molecule has 164 valence electrons. The highest BCUT2D eigenvalue weighted by Crippen LogP contribution is 2.28. The van der Waals surface area contributed by atoms with Crippen molar-refractivity contribution in [2.75, 3.05) is 59.4 Å². The van der Waals surface area contributed by atoms with Gasteiger partial charge in [0.05, 0.1) is 10.4 Å². The van der Waals surface area contributed by atoms with Crippen LogP contribution < -0.4 is 0 Å². The van der Waals surface area contributed by atoms with Gasteiger partial charge in [0.25, 0.3) is 10.2 Å². The van der Waals surface area contributed by atoms with Crippen molar-refractivity contribution in [1.29, 1.82) is 0 Å². The number of likely N-dealkylation sites (N-methyl/N-ethyl adjacent to an activating group) is 1. The quantitative estimate of drug-likeness (QED) is 0.663. The Morgan fingerprint density at radius 2 is 1.37 bits per heavy atom. The van der Waals surface area contributed by atoms with E-state index in [1.165, 1.54) is 12.9 Å². The molecule has 2 aromatic rings. The van der Waals surface area contributed by atoms with Crippen molar-refractivity contribution in [2.45, 2.75) is 11.8 Å². The molecule has 2 aliphatic rings. The first-order valence-corrected chi connectivity index (χ1v) is 12.8. The van der Waals surface area contributed by atoms with Gasteiger partial charge >= 0.3 is 0 Å². The van der Waals surface area contributed by atoms with Gasteiger partial charge in [0.1, 0.15) is 0 Å². The highest BCUT2D eigenvalue weighted by atomic mass is 32.2. The minimum absolute atomic E-state index is 0.130. The Morgan fingerprint density at radius 1 is 0.800 bits per heavy atom. The number of sulfonamides is 1. The number of aryl methyl sites for hydroxylation is 1. The van der Waals surface area contributed by atoms with Crippen LogP contribution in [0.1, 0.15) is 5.56 Å². The van der Waals surface area contributed by atoms with E-state index in [-0.39, 0.29) is 31.1 Å². The fourth-order valence-electron chi connectivity index (χ4n) is 3.97. The Balaban J connectivity index is 1.52. The number of nitrogens with zero attached hydrogens (tertiary/aromatic N) is 5. The number of aromatic nitrogens is 1. The smallest absolute Gasteiger partial charge is 0.282 e. The van der Waals surface area contributed by atoms with Gasteiger partial charge in [-0.05, 0) is 37.7 Å². The van der Waals surface area contributed by atoms with Gasteiger partial charge in [-0.25, -0.2) is 8.42 Å². The van der Waals surface area contributed by atoms with E-state index in [1.807, 2.05) is 14.0 Å². The van der Waals surface area contributed by atoms with Crippen LogP contribution in [-0.4, -0.2) is 99.0 Å². The number of hydrogen-bond acceptors (Lipinski definition) is 6. The molecule has 0 saturated carbocycles. The maximum Gasteiger partial charge on any atom is 0.282 e. The van der Waals surface area contributed by atoms with Crippen molar-refractivity contribution in [1.82, 2.24) is 22.8 Å². The third-order valence-electron chi connectivity index (χ3n) is 5.86. The van der Waals surface area contributed by atoms with Gasteiger partial charge in [0, 0.05) is 63.9 Å². The Bertz CT molecular complexity index is 1140. The zero-order chi connectivity index (χ0) is 21.5. The van der Waals surface area contributed by atoms with Gasteiger partial charge in [0.15, 0.2) is 0 Å². The molecule has 0 radical (unpaired) electrons. The van der Waals surface area contributed by atoms with Crippen LogP contribution >= 0.6 is 0 Å². The highest BCUT2D eigenvalue weighted by molar-refractivity contribution is 7.89. The van der Waals surface area contributed by atoms with E-state index in [4.69, 9.17) is 0 Å². The molecule has 0 atom stereocenters. The molecule has 3 heterocycles. The van der Waals surface area contributed by atoms with Crippen LogP contribution in [0.2, 0.25) is 0 Å². The van der Waals surface area contributed by atoms with Gasteiger partial charge in [-0.2, -0.15) is 21.3 Å². The molecule has 0 N–H and O–H groups in total. The number of benzene rings is 1. The van der Waals surface area contributed by atoms with Gasteiger partial charge in [-0.1, -0.05) is 6.07 Å². The van der Waals surface area contributed by atoms with E-state index >= 15 is 0 Å². The second-order valence-electron chi connectivity index (χ2n) is 7.79. The fourth-order valence-corrected chi connectivity index (χ4v) is 7.16. The molecule has 0 unspecified atom stereocenters. The highest BCUT2D eigenvalue weighted by Gasteiger charge is 2.37. The second-order valence-corrected chi connectivity index (χ2v) is 11.6. The minimum Gasteiger partial charge on any atom is -0.304 e. The predicted octanol–water partition coefficient (Wildman–Crippen LogP) is 0.342. The molecule has 4 rings (SSSR count). The minimum atomic E-state index is -3.75.